The molecule has 2 aromatic carbocycles. The van der Waals surface area contributed by atoms with Gasteiger partial charge in [0.15, 0.2) is 5.13 Å². The summed E-state index contributed by atoms with van der Waals surface area (Å²) in [7, 11) is 0. The van der Waals surface area contributed by atoms with Crippen LogP contribution in [-0.2, 0) is 15.0 Å². The van der Waals surface area contributed by atoms with Crippen LogP contribution in [0.4, 0.5) is 15.2 Å². The van der Waals surface area contributed by atoms with Gasteiger partial charge in [0, 0.05) is 25.0 Å². The molecule has 12 heteroatoms. The van der Waals surface area contributed by atoms with Gasteiger partial charge in [-0.2, -0.15) is 5.26 Å². The van der Waals surface area contributed by atoms with Gasteiger partial charge in [0.05, 0.1) is 27.8 Å². The summed E-state index contributed by atoms with van der Waals surface area (Å²) in [6.45, 7) is 1.14. The fourth-order valence-electron chi connectivity index (χ4n) is 4.49. The van der Waals surface area contributed by atoms with Crippen LogP contribution in [0.3, 0.4) is 0 Å². The molecule has 0 unspecified atom stereocenters. The van der Waals surface area contributed by atoms with Gasteiger partial charge in [0.2, 0.25) is 17.7 Å². The molecule has 9 nitrogen and oxygen atoms in total. The molecule has 206 valence electrons. The number of aromatic nitrogens is 2. The van der Waals surface area contributed by atoms with Crippen molar-refractivity contribution in [1.29, 1.82) is 5.26 Å². The maximum Gasteiger partial charge on any atom is 0.266 e. The number of carbonyl (C=O) groups is 3. The molecule has 4 aromatic rings. The predicted octanol–water partition coefficient (Wildman–Crippen LogP) is 6.37. The quantitative estimate of drug-likeness (QED) is 0.265. The smallest absolute Gasteiger partial charge is 0.266 e. The van der Waals surface area contributed by atoms with Gasteiger partial charge in [-0.15, -0.1) is 0 Å². The molecule has 0 bridgehead atoms. The van der Waals surface area contributed by atoms with Gasteiger partial charge in [-0.3, -0.25) is 14.4 Å². The van der Waals surface area contributed by atoms with Gasteiger partial charge in [0.1, 0.15) is 21.9 Å². The Morgan fingerprint density at radius 1 is 1.17 bits per heavy atom. The number of thiazole rings is 1. The zero-order valence-corrected chi connectivity index (χ0v) is 23.2. The number of nitriles is 1. The molecule has 2 saturated carbocycles. The average molecular weight is 590 g/mol. The van der Waals surface area contributed by atoms with Crippen molar-refractivity contribution in [1.82, 2.24) is 9.97 Å². The lowest BCUT2D eigenvalue weighted by Crippen LogP contribution is -2.36. The van der Waals surface area contributed by atoms with Crippen molar-refractivity contribution in [3.63, 3.8) is 0 Å². The number of ether oxygens (including phenoxy) is 1. The fraction of sp³-hybridized carbons (Fsp3) is 0.241. The summed E-state index contributed by atoms with van der Waals surface area (Å²) in [5, 5.41) is 12.9. The number of carbonyl (C=O) groups excluding carboxylic acids is 3. The summed E-state index contributed by atoms with van der Waals surface area (Å²) in [6.07, 6.45) is 2.98. The van der Waals surface area contributed by atoms with E-state index in [2.05, 4.69) is 21.4 Å². The third-order valence-corrected chi connectivity index (χ3v) is 8.30. The van der Waals surface area contributed by atoms with Crippen LogP contribution in [0.5, 0.6) is 11.6 Å². The SMILES string of the molecule is CC(=O)N(C(=O)c1cccc(C2(C#N)CC2)c1Cl)c1cc(Oc2ccc3nc(NC(=O)C4CC4)sc3n2)ccc1F. The van der Waals surface area contributed by atoms with E-state index in [0.717, 1.165) is 25.8 Å². The van der Waals surface area contributed by atoms with E-state index in [-0.39, 0.29) is 39.7 Å². The Balaban J connectivity index is 1.28. The molecule has 0 saturated heterocycles. The summed E-state index contributed by atoms with van der Waals surface area (Å²) in [5.41, 5.74) is -0.0257. The number of anilines is 2. The second-order valence-electron chi connectivity index (χ2n) is 9.99. The third-order valence-electron chi connectivity index (χ3n) is 7.02. The van der Waals surface area contributed by atoms with Crippen molar-refractivity contribution >= 4 is 61.8 Å². The van der Waals surface area contributed by atoms with E-state index >= 15 is 4.39 Å². The molecular weight excluding hydrogens is 569 g/mol. The van der Waals surface area contributed by atoms with Crippen molar-refractivity contribution in [2.24, 2.45) is 5.92 Å². The van der Waals surface area contributed by atoms with Crippen LogP contribution >= 0.6 is 22.9 Å². The van der Waals surface area contributed by atoms with E-state index < -0.39 is 23.0 Å². The van der Waals surface area contributed by atoms with Gasteiger partial charge < -0.3 is 10.1 Å². The number of hydrogen-bond donors (Lipinski definition) is 1. The molecule has 6 rings (SSSR count). The van der Waals surface area contributed by atoms with Gasteiger partial charge in [0.25, 0.3) is 5.91 Å². The number of imide groups is 1. The number of pyridine rings is 1. The lowest BCUT2D eigenvalue weighted by atomic mass is 9.95. The molecule has 0 aliphatic heterocycles. The Morgan fingerprint density at radius 2 is 1.95 bits per heavy atom. The zero-order valence-electron chi connectivity index (χ0n) is 21.6. The van der Waals surface area contributed by atoms with Crippen LogP contribution in [0.2, 0.25) is 5.02 Å². The Labute approximate surface area is 242 Å². The molecule has 0 atom stereocenters. The molecule has 41 heavy (non-hydrogen) atoms. The van der Waals surface area contributed by atoms with E-state index in [1.807, 2.05) is 0 Å². The first-order chi connectivity index (χ1) is 19.7. The minimum absolute atomic E-state index is 0.0199. The summed E-state index contributed by atoms with van der Waals surface area (Å²) >= 11 is 7.75. The van der Waals surface area contributed by atoms with Gasteiger partial charge in [-0.25, -0.2) is 19.3 Å². The second kappa shape index (κ2) is 10.2. The van der Waals surface area contributed by atoms with Crippen molar-refractivity contribution in [3.8, 4) is 17.7 Å². The number of rotatable bonds is 7. The summed E-state index contributed by atoms with van der Waals surface area (Å²) in [5.74, 6) is -2.13. The lowest BCUT2D eigenvalue weighted by Gasteiger charge is -2.22. The Bertz CT molecular complexity index is 1790. The Morgan fingerprint density at radius 3 is 2.63 bits per heavy atom. The zero-order chi connectivity index (χ0) is 28.9. The predicted molar refractivity (Wildman–Crippen MR) is 151 cm³/mol. The molecule has 2 aliphatic carbocycles. The standard InChI is InChI=1S/C29H21ClFN5O4S/c1-15(37)36(27(39)18-3-2-4-19(24(18)30)29(14-32)11-12-29)22-13-17(7-8-20(22)31)40-23-10-9-21-26(34-23)41-28(33-21)35-25(38)16-5-6-16/h2-4,7-10,13,16H,5-6,11-12H2,1H3,(H,33,35,38). The first-order valence-corrected chi connectivity index (χ1v) is 14.0. The highest BCUT2D eigenvalue weighted by Gasteiger charge is 2.47. The number of nitrogens with zero attached hydrogens (tertiary/aromatic N) is 4. The highest BCUT2D eigenvalue weighted by atomic mass is 35.5. The Hall–Kier alpha value is -4.40. The number of amides is 3. The van der Waals surface area contributed by atoms with Crippen LogP contribution in [0.25, 0.3) is 10.3 Å². The lowest BCUT2D eigenvalue weighted by molar-refractivity contribution is -0.117. The maximum atomic E-state index is 15.1. The minimum Gasteiger partial charge on any atom is -0.439 e. The Kier molecular flexibility index (Phi) is 6.68. The molecule has 2 heterocycles. The van der Waals surface area contributed by atoms with Crippen molar-refractivity contribution in [2.75, 3.05) is 10.2 Å². The van der Waals surface area contributed by atoms with E-state index in [9.17, 15) is 19.6 Å². The maximum absolute atomic E-state index is 15.1. The summed E-state index contributed by atoms with van der Waals surface area (Å²) < 4.78 is 20.9. The number of benzene rings is 2. The normalized spacial score (nSPS) is 15.2. The summed E-state index contributed by atoms with van der Waals surface area (Å²) in [6, 6.07) is 13.9. The fourth-order valence-corrected chi connectivity index (χ4v) is 5.71. The second-order valence-corrected chi connectivity index (χ2v) is 11.3. The average Bonchev–Trinajstić information content (AvgIpc) is 3.87. The number of halogens is 2. The minimum atomic E-state index is -0.834. The largest absolute Gasteiger partial charge is 0.439 e. The van der Waals surface area contributed by atoms with Gasteiger partial charge in [-0.1, -0.05) is 35.1 Å². The number of hydrogen-bond acceptors (Lipinski definition) is 8. The van der Waals surface area contributed by atoms with Crippen LogP contribution in [-0.4, -0.2) is 27.7 Å². The van der Waals surface area contributed by atoms with E-state index in [1.165, 1.54) is 29.5 Å². The first kappa shape index (κ1) is 26.8. The molecule has 0 radical (unpaired) electrons. The topological polar surface area (TPSA) is 125 Å². The molecule has 2 aliphatic rings. The first-order valence-electron chi connectivity index (χ1n) is 12.8. The monoisotopic (exact) mass is 589 g/mol. The van der Waals surface area contributed by atoms with Gasteiger partial charge >= 0.3 is 0 Å². The molecule has 1 N–H and O–H groups in total. The molecular formula is C29H21ClFN5O4S. The van der Waals surface area contributed by atoms with E-state index in [4.69, 9.17) is 16.3 Å². The summed E-state index contributed by atoms with van der Waals surface area (Å²) in [4.78, 5) is 48.3. The third kappa shape index (κ3) is 5.12. The highest BCUT2D eigenvalue weighted by Crippen LogP contribution is 2.50. The van der Waals surface area contributed by atoms with Crippen LogP contribution < -0.4 is 15.0 Å². The molecule has 2 fully saturated rings. The van der Waals surface area contributed by atoms with E-state index in [1.54, 1.807) is 24.3 Å². The van der Waals surface area contributed by atoms with Crippen LogP contribution in [0.15, 0.2) is 48.5 Å². The number of nitrogens with one attached hydrogen (secondary N) is 1. The van der Waals surface area contributed by atoms with Crippen molar-refractivity contribution in [2.45, 2.75) is 38.0 Å². The van der Waals surface area contributed by atoms with Crippen LogP contribution in [0, 0.1) is 23.1 Å². The molecule has 2 aromatic heterocycles. The highest BCUT2D eigenvalue weighted by molar-refractivity contribution is 7.21. The van der Waals surface area contributed by atoms with Crippen LogP contribution in [0.1, 0.15) is 48.5 Å². The van der Waals surface area contributed by atoms with Crippen molar-refractivity contribution < 1.29 is 23.5 Å². The van der Waals surface area contributed by atoms with Crippen molar-refractivity contribution in [3.05, 3.63) is 70.5 Å². The van der Waals surface area contributed by atoms with Gasteiger partial charge in [-0.05, 0) is 55.5 Å². The molecule has 3 amide bonds. The molecule has 0 spiro atoms. The number of fused-ring (bicyclic) bond motifs is 1. The van der Waals surface area contributed by atoms with E-state index in [0.29, 0.717) is 38.8 Å².